The summed E-state index contributed by atoms with van der Waals surface area (Å²) in [5, 5.41) is 8.62. The second-order valence-corrected chi connectivity index (χ2v) is 5.67. The number of thioether (sulfide) groups is 1. The summed E-state index contributed by atoms with van der Waals surface area (Å²) in [4.78, 5) is 2.18. The average molecular weight is 295 g/mol. The third kappa shape index (κ3) is 3.94. The van der Waals surface area contributed by atoms with E-state index in [0.29, 0.717) is 5.95 Å². The minimum atomic E-state index is -0.202. The third-order valence-electron chi connectivity index (χ3n) is 2.94. The van der Waals surface area contributed by atoms with Crippen LogP contribution in [0.3, 0.4) is 0 Å². The molecule has 0 spiro atoms. The summed E-state index contributed by atoms with van der Waals surface area (Å²) in [5.74, 6) is 1.11. The number of rotatable bonds is 6. The number of anilines is 1. The minimum Gasteiger partial charge on any atom is -0.368 e. The van der Waals surface area contributed by atoms with Crippen molar-refractivity contribution < 1.29 is 4.39 Å². The highest BCUT2D eigenvalue weighted by Gasteiger charge is 2.07. The van der Waals surface area contributed by atoms with Crippen molar-refractivity contribution in [1.29, 1.82) is 0 Å². The van der Waals surface area contributed by atoms with Crippen molar-refractivity contribution in [3.63, 3.8) is 0 Å². The molecule has 0 fully saturated rings. The predicted octanol–water partition coefficient (Wildman–Crippen LogP) is 1.76. The highest BCUT2D eigenvalue weighted by atomic mass is 32.2. The van der Waals surface area contributed by atoms with E-state index in [2.05, 4.69) is 15.1 Å². The molecule has 20 heavy (non-hydrogen) atoms. The molecule has 0 atom stereocenters. The van der Waals surface area contributed by atoms with Crippen LogP contribution in [-0.2, 0) is 13.6 Å². The average Bonchev–Trinajstić information content (AvgIpc) is 2.73. The molecule has 2 rings (SSSR count). The van der Waals surface area contributed by atoms with E-state index in [9.17, 15) is 4.39 Å². The lowest BCUT2D eigenvalue weighted by Crippen LogP contribution is -2.20. The van der Waals surface area contributed by atoms with Crippen molar-refractivity contribution in [1.82, 2.24) is 19.7 Å². The van der Waals surface area contributed by atoms with Crippen LogP contribution in [0.1, 0.15) is 5.56 Å². The van der Waals surface area contributed by atoms with Crippen LogP contribution in [0.2, 0.25) is 0 Å². The molecule has 1 heterocycles. The van der Waals surface area contributed by atoms with Gasteiger partial charge in [-0.15, -0.1) is 10.2 Å². The fourth-order valence-electron chi connectivity index (χ4n) is 1.73. The number of hydrogen-bond donors (Lipinski definition) is 1. The van der Waals surface area contributed by atoms with E-state index < -0.39 is 0 Å². The van der Waals surface area contributed by atoms with Crippen LogP contribution in [0.15, 0.2) is 29.4 Å². The van der Waals surface area contributed by atoms with E-state index in [1.807, 2.05) is 26.2 Å². The Bertz CT molecular complexity index is 554. The Morgan fingerprint density at radius 3 is 2.60 bits per heavy atom. The zero-order valence-corrected chi connectivity index (χ0v) is 12.4. The first-order valence-electron chi connectivity index (χ1n) is 6.27. The molecule has 0 radical (unpaired) electrons. The van der Waals surface area contributed by atoms with Gasteiger partial charge in [-0.3, -0.25) is 4.57 Å². The Balaban J connectivity index is 1.76. The summed E-state index contributed by atoms with van der Waals surface area (Å²) in [6.07, 6.45) is 0. The molecule has 0 bridgehead atoms. The van der Waals surface area contributed by atoms with Gasteiger partial charge in [-0.05, 0) is 24.7 Å². The van der Waals surface area contributed by atoms with E-state index in [1.54, 1.807) is 16.3 Å². The van der Waals surface area contributed by atoms with E-state index >= 15 is 0 Å². The quantitative estimate of drug-likeness (QED) is 0.823. The van der Waals surface area contributed by atoms with Gasteiger partial charge in [-0.2, -0.15) is 0 Å². The molecule has 0 aliphatic carbocycles. The van der Waals surface area contributed by atoms with Crippen molar-refractivity contribution >= 4 is 17.7 Å². The summed E-state index contributed by atoms with van der Waals surface area (Å²) < 4.78 is 14.6. The van der Waals surface area contributed by atoms with E-state index in [4.69, 9.17) is 5.73 Å². The monoisotopic (exact) mass is 295 g/mol. The van der Waals surface area contributed by atoms with Gasteiger partial charge in [0, 0.05) is 25.9 Å². The minimum absolute atomic E-state index is 0.202. The van der Waals surface area contributed by atoms with Crippen LogP contribution < -0.4 is 5.73 Å². The number of nitrogens with zero attached hydrogens (tertiary/aromatic N) is 4. The van der Waals surface area contributed by atoms with E-state index in [0.717, 1.165) is 29.6 Å². The number of nitrogen functional groups attached to an aromatic ring is 1. The van der Waals surface area contributed by atoms with Gasteiger partial charge in [0.1, 0.15) is 5.82 Å². The summed E-state index contributed by atoms with van der Waals surface area (Å²) in [6, 6.07) is 6.59. The maximum Gasteiger partial charge on any atom is 0.222 e. The molecule has 1 aromatic carbocycles. The van der Waals surface area contributed by atoms with Crippen molar-refractivity contribution in [3.8, 4) is 0 Å². The van der Waals surface area contributed by atoms with Gasteiger partial charge in [-0.1, -0.05) is 23.9 Å². The fraction of sp³-hybridized carbons (Fsp3) is 0.385. The second kappa shape index (κ2) is 6.71. The second-order valence-electron chi connectivity index (χ2n) is 4.61. The SMILES string of the molecule is CN(CCSc1nnc(N)n1C)Cc1ccc(F)cc1. The zero-order valence-electron chi connectivity index (χ0n) is 11.6. The molecule has 108 valence electrons. The van der Waals surface area contributed by atoms with E-state index in [-0.39, 0.29) is 5.82 Å². The number of benzene rings is 1. The van der Waals surface area contributed by atoms with Crippen LogP contribution >= 0.6 is 11.8 Å². The van der Waals surface area contributed by atoms with Crippen LogP contribution in [-0.4, -0.2) is 39.0 Å². The topological polar surface area (TPSA) is 60.0 Å². The van der Waals surface area contributed by atoms with Gasteiger partial charge in [0.2, 0.25) is 5.95 Å². The summed E-state index contributed by atoms with van der Waals surface area (Å²) >= 11 is 1.62. The Hall–Kier alpha value is -1.60. The Labute approximate surface area is 122 Å². The van der Waals surface area contributed by atoms with E-state index in [1.165, 1.54) is 12.1 Å². The standard InChI is InChI=1S/C13H18FN5S/c1-18(9-10-3-5-11(14)6-4-10)7-8-20-13-17-16-12(15)19(13)2/h3-6H,7-9H2,1-2H3,(H2,15,16). The summed E-state index contributed by atoms with van der Waals surface area (Å²) in [7, 11) is 3.88. The Kier molecular flexibility index (Phi) is 4.97. The highest BCUT2D eigenvalue weighted by molar-refractivity contribution is 7.99. The maximum atomic E-state index is 12.8. The van der Waals surface area contributed by atoms with Gasteiger partial charge in [0.05, 0.1) is 0 Å². The van der Waals surface area contributed by atoms with Crippen LogP contribution in [0.25, 0.3) is 0 Å². The van der Waals surface area contributed by atoms with Crippen molar-refractivity contribution in [2.45, 2.75) is 11.7 Å². The first-order valence-corrected chi connectivity index (χ1v) is 7.25. The lowest BCUT2D eigenvalue weighted by Gasteiger charge is -2.16. The van der Waals surface area contributed by atoms with Crippen molar-refractivity contribution in [3.05, 3.63) is 35.6 Å². The van der Waals surface area contributed by atoms with Crippen molar-refractivity contribution in [2.75, 3.05) is 25.1 Å². The lowest BCUT2D eigenvalue weighted by atomic mass is 10.2. The van der Waals surface area contributed by atoms with Crippen LogP contribution in [0, 0.1) is 5.82 Å². The molecular formula is C13H18FN5S. The van der Waals surface area contributed by atoms with Gasteiger partial charge in [-0.25, -0.2) is 4.39 Å². The van der Waals surface area contributed by atoms with Crippen LogP contribution in [0.5, 0.6) is 0 Å². The molecule has 0 saturated carbocycles. The van der Waals surface area contributed by atoms with Gasteiger partial charge < -0.3 is 10.6 Å². The first-order chi connectivity index (χ1) is 9.56. The highest BCUT2D eigenvalue weighted by Crippen LogP contribution is 2.16. The molecule has 0 saturated heterocycles. The lowest BCUT2D eigenvalue weighted by molar-refractivity contribution is 0.348. The number of halogens is 1. The predicted molar refractivity (Wildman–Crippen MR) is 78.9 cm³/mol. The summed E-state index contributed by atoms with van der Waals surface area (Å²) in [6.45, 7) is 1.69. The number of aromatic nitrogens is 3. The molecule has 0 aliphatic rings. The number of nitrogens with two attached hydrogens (primary N) is 1. The molecule has 1 aromatic heterocycles. The molecular weight excluding hydrogens is 277 g/mol. The molecule has 2 aromatic rings. The first kappa shape index (κ1) is 14.8. The molecule has 0 amide bonds. The Morgan fingerprint density at radius 2 is 2.00 bits per heavy atom. The smallest absolute Gasteiger partial charge is 0.222 e. The normalized spacial score (nSPS) is 11.2. The molecule has 0 unspecified atom stereocenters. The molecule has 5 nitrogen and oxygen atoms in total. The molecule has 2 N–H and O–H groups in total. The zero-order chi connectivity index (χ0) is 14.5. The third-order valence-corrected chi connectivity index (χ3v) is 3.94. The molecule has 0 aliphatic heterocycles. The van der Waals surface area contributed by atoms with Crippen molar-refractivity contribution in [2.24, 2.45) is 7.05 Å². The van der Waals surface area contributed by atoms with Gasteiger partial charge >= 0.3 is 0 Å². The van der Waals surface area contributed by atoms with Gasteiger partial charge in [0.15, 0.2) is 5.16 Å². The molecule has 7 heteroatoms. The van der Waals surface area contributed by atoms with Crippen LogP contribution in [0.4, 0.5) is 10.3 Å². The summed E-state index contributed by atoms with van der Waals surface area (Å²) in [5.41, 5.74) is 6.72. The fourth-order valence-corrected chi connectivity index (χ4v) is 2.70. The largest absolute Gasteiger partial charge is 0.368 e. The van der Waals surface area contributed by atoms with Gasteiger partial charge in [0.25, 0.3) is 0 Å². The Morgan fingerprint density at radius 1 is 1.30 bits per heavy atom. The maximum absolute atomic E-state index is 12.8. The number of hydrogen-bond acceptors (Lipinski definition) is 5.